The number of carbonyl (C=O) groups excluding carboxylic acids is 1. The van der Waals surface area contributed by atoms with Crippen molar-refractivity contribution in [1.82, 2.24) is 19.3 Å². The summed E-state index contributed by atoms with van der Waals surface area (Å²) in [5.74, 6) is 0.684. The number of aromatic nitrogens is 4. The highest BCUT2D eigenvalue weighted by atomic mass is 79.9. The molecule has 0 unspecified atom stereocenters. The number of para-hydroxylation sites is 2. The maximum Gasteiger partial charge on any atom is 0.260 e. The zero-order valence-corrected chi connectivity index (χ0v) is 15.3. The van der Waals surface area contributed by atoms with Gasteiger partial charge in [0.1, 0.15) is 0 Å². The van der Waals surface area contributed by atoms with Crippen molar-refractivity contribution in [3.8, 4) is 5.69 Å². The van der Waals surface area contributed by atoms with Crippen molar-refractivity contribution < 1.29 is 4.79 Å². The zero-order valence-electron chi connectivity index (χ0n) is 13.7. The van der Waals surface area contributed by atoms with E-state index in [4.69, 9.17) is 0 Å². The van der Waals surface area contributed by atoms with Crippen molar-refractivity contribution in [3.05, 3.63) is 71.0 Å². The largest absolute Gasteiger partial charge is 0.308 e. The number of imidazole rings is 1. The zero-order chi connectivity index (χ0) is 17.7. The Morgan fingerprint density at radius 1 is 1.04 bits per heavy atom. The summed E-state index contributed by atoms with van der Waals surface area (Å²) in [6, 6.07) is 15.4. The van der Waals surface area contributed by atoms with Gasteiger partial charge in [0, 0.05) is 24.8 Å². The Labute approximate surface area is 157 Å². The minimum Gasteiger partial charge on any atom is -0.308 e. The minimum atomic E-state index is -0.0350. The molecular formula is C19H14BrN5O. The van der Waals surface area contributed by atoms with E-state index in [2.05, 4.69) is 30.6 Å². The number of hydrogen-bond donors (Lipinski definition) is 0. The third-order valence-corrected chi connectivity index (χ3v) is 5.01. The molecule has 0 N–H and O–H groups in total. The van der Waals surface area contributed by atoms with Crippen molar-refractivity contribution >= 4 is 38.8 Å². The Balaban J connectivity index is 1.46. The predicted molar refractivity (Wildman–Crippen MR) is 103 cm³/mol. The van der Waals surface area contributed by atoms with Crippen molar-refractivity contribution in [2.75, 3.05) is 11.4 Å². The Morgan fingerprint density at radius 3 is 2.62 bits per heavy atom. The van der Waals surface area contributed by atoms with Crippen molar-refractivity contribution in [2.45, 2.75) is 6.54 Å². The van der Waals surface area contributed by atoms with Crippen molar-refractivity contribution in [3.63, 3.8) is 0 Å². The number of nitrogens with zero attached hydrogens (tertiary/aromatic N) is 5. The van der Waals surface area contributed by atoms with Gasteiger partial charge in [-0.15, -0.1) is 0 Å². The molecule has 0 radical (unpaired) electrons. The SMILES string of the molecule is O=C(c1ccc(-n2cc(Br)cn2)cc1)N1CCn2c1nc1ccccc12. The Bertz CT molecular complexity index is 1130. The molecule has 0 aliphatic carbocycles. The van der Waals surface area contributed by atoms with Crippen LogP contribution < -0.4 is 4.90 Å². The molecule has 0 fully saturated rings. The molecule has 7 heteroatoms. The molecule has 1 aliphatic heterocycles. The smallest absolute Gasteiger partial charge is 0.260 e. The van der Waals surface area contributed by atoms with E-state index >= 15 is 0 Å². The Hall–Kier alpha value is -2.93. The Morgan fingerprint density at radius 2 is 1.85 bits per heavy atom. The van der Waals surface area contributed by atoms with Crippen LogP contribution in [0.15, 0.2) is 65.4 Å². The van der Waals surface area contributed by atoms with Gasteiger partial charge in [-0.2, -0.15) is 5.10 Å². The fourth-order valence-electron chi connectivity index (χ4n) is 3.34. The summed E-state index contributed by atoms with van der Waals surface area (Å²) < 4.78 is 4.77. The summed E-state index contributed by atoms with van der Waals surface area (Å²) in [5.41, 5.74) is 3.53. The number of carbonyl (C=O) groups is 1. The minimum absolute atomic E-state index is 0.0350. The highest BCUT2D eigenvalue weighted by Gasteiger charge is 2.28. The van der Waals surface area contributed by atoms with Crippen LogP contribution >= 0.6 is 15.9 Å². The standard InChI is InChI=1S/C19H14BrN5O/c20-14-11-21-25(12-14)15-7-5-13(6-8-15)18(26)24-10-9-23-17-4-2-1-3-16(17)22-19(23)24/h1-8,11-12H,9-10H2. The van der Waals surface area contributed by atoms with Crippen LogP contribution in [0.25, 0.3) is 16.7 Å². The maximum absolute atomic E-state index is 13.0. The summed E-state index contributed by atoms with van der Waals surface area (Å²) in [6.07, 6.45) is 3.60. The fourth-order valence-corrected chi connectivity index (χ4v) is 3.62. The number of halogens is 1. The van der Waals surface area contributed by atoms with Gasteiger partial charge in [-0.1, -0.05) is 12.1 Å². The molecule has 128 valence electrons. The van der Waals surface area contributed by atoms with Crippen LogP contribution in [0.5, 0.6) is 0 Å². The summed E-state index contributed by atoms with van der Waals surface area (Å²) in [4.78, 5) is 19.4. The van der Waals surface area contributed by atoms with Gasteiger partial charge in [-0.25, -0.2) is 9.67 Å². The molecule has 2 aromatic carbocycles. The van der Waals surface area contributed by atoms with Gasteiger partial charge in [-0.3, -0.25) is 9.69 Å². The summed E-state index contributed by atoms with van der Waals surface area (Å²) in [7, 11) is 0. The molecule has 26 heavy (non-hydrogen) atoms. The number of anilines is 1. The van der Waals surface area contributed by atoms with E-state index in [0.717, 1.165) is 33.7 Å². The monoisotopic (exact) mass is 407 g/mol. The number of hydrogen-bond acceptors (Lipinski definition) is 3. The van der Waals surface area contributed by atoms with Gasteiger partial charge < -0.3 is 4.57 Å². The average Bonchev–Trinajstić information content (AvgIpc) is 3.36. The van der Waals surface area contributed by atoms with Gasteiger partial charge in [-0.05, 0) is 52.3 Å². The summed E-state index contributed by atoms with van der Waals surface area (Å²) in [5, 5.41) is 4.25. The topological polar surface area (TPSA) is 56.0 Å². The van der Waals surface area contributed by atoms with E-state index in [1.165, 1.54) is 0 Å². The van der Waals surface area contributed by atoms with Crippen LogP contribution in [0.4, 0.5) is 5.95 Å². The van der Waals surface area contributed by atoms with E-state index in [1.807, 2.05) is 54.7 Å². The van der Waals surface area contributed by atoms with Crippen LogP contribution in [-0.4, -0.2) is 31.8 Å². The van der Waals surface area contributed by atoms with Gasteiger partial charge in [0.2, 0.25) is 5.95 Å². The molecule has 4 aromatic rings. The quantitative estimate of drug-likeness (QED) is 0.509. The highest BCUT2D eigenvalue weighted by molar-refractivity contribution is 9.10. The normalized spacial score (nSPS) is 13.3. The molecule has 2 aromatic heterocycles. The van der Waals surface area contributed by atoms with E-state index in [0.29, 0.717) is 12.1 Å². The van der Waals surface area contributed by atoms with Gasteiger partial charge in [0.05, 0.1) is 27.4 Å². The molecule has 1 amide bonds. The molecule has 3 heterocycles. The third kappa shape index (κ3) is 2.35. The number of fused-ring (bicyclic) bond motifs is 3. The van der Waals surface area contributed by atoms with Gasteiger partial charge in [0.15, 0.2) is 0 Å². The lowest BCUT2D eigenvalue weighted by Crippen LogP contribution is -2.29. The first-order valence-electron chi connectivity index (χ1n) is 8.28. The second-order valence-electron chi connectivity index (χ2n) is 6.16. The van der Waals surface area contributed by atoms with E-state index in [1.54, 1.807) is 15.8 Å². The van der Waals surface area contributed by atoms with Gasteiger partial charge in [0.25, 0.3) is 5.91 Å². The van der Waals surface area contributed by atoms with Crippen LogP contribution in [0.2, 0.25) is 0 Å². The van der Waals surface area contributed by atoms with Crippen LogP contribution in [0.1, 0.15) is 10.4 Å². The number of amides is 1. The molecule has 0 spiro atoms. The predicted octanol–water partition coefficient (Wildman–Crippen LogP) is 3.64. The molecular weight excluding hydrogens is 394 g/mol. The number of rotatable bonds is 2. The first-order chi connectivity index (χ1) is 12.7. The third-order valence-electron chi connectivity index (χ3n) is 4.60. The second-order valence-corrected chi connectivity index (χ2v) is 7.07. The average molecular weight is 408 g/mol. The van der Waals surface area contributed by atoms with Crippen LogP contribution in [-0.2, 0) is 6.54 Å². The lowest BCUT2D eigenvalue weighted by Gasteiger charge is -2.14. The molecule has 0 saturated heterocycles. The Kier molecular flexibility index (Phi) is 3.43. The summed E-state index contributed by atoms with van der Waals surface area (Å²) in [6.45, 7) is 1.40. The lowest BCUT2D eigenvalue weighted by atomic mass is 10.2. The molecule has 1 aliphatic rings. The number of benzene rings is 2. The van der Waals surface area contributed by atoms with E-state index in [9.17, 15) is 4.79 Å². The van der Waals surface area contributed by atoms with E-state index < -0.39 is 0 Å². The second kappa shape index (κ2) is 5.81. The van der Waals surface area contributed by atoms with E-state index in [-0.39, 0.29) is 5.91 Å². The molecule has 0 bridgehead atoms. The first kappa shape index (κ1) is 15.3. The van der Waals surface area contributed by atoms with Gasteiger partial charge >= 0.3 is 0 Å². The molecule has 6 nitrogen and oxygen atoms in total. The highest BCUT2D eigenvalue weighted by Crippen LogP contribution is 2.28. The summed E-state index contributed by atoms with van der Waals surface area (Å²) >= 11 is 3.39. The van der Waals surface area contributed by atoms with Crippen molar-refractivity contribution in [1.29, 1.82) is 0 Å². The molecule has 0 atom stereocenters. The maximum atomic E-state index is 13.0. The molecule has 0 saturated carbocycles. The molecule has 5 rings (SSSR count). The van der Waals surface area contributed by atoms with Crippen molar-refractivity contribution in [2.24, 2.45) is 0 Å². The van der Waals surface area contributed by atoms with Crippen LogP contribution in [0.3, 0.4) is 0 Å². The fraction of sp³-hybridized carbons (Fsp3) is 0.105. The lowest BCUT2D eigenvalue weighted by molar-refractivity contribution is 0.0989. The van der Waals surface area contributed by atoms with Crippen LogP contribution in [0, 0.1) is 0 Å². The first-order valence-corrected chi connectivity index (χ1v) is 9.08.